The fourth-order valence-corrected chi connectivity index (χ4v) is 1.99. The maximum absolute atomic E-state index is 13.5. The van der Waals surface area contributed by atoms with Gasteiger partial charge in [-0.3, -0.25) is 0 Å². The topological polar surface area (TPSA) is 51.2 Å². The first-order chi connectivity index (χ1) is 9.92. The normalized spacial score (nSPS) is 12.1. The molecule has 1 aromatic rings. The predicted molar refractivity (Wildman–Crippen MR) is 71.1 cm³/mol. The third-order valence-electron chi connectivity index (χ3n) is 2.50. The fraction of sp³-hybridized carbons (Fsp3) is 0.500. The van der Waals surface area contributed by atoms with Crippen molar-refractivity contribution in [1.29, 1.82) is 0 Å². The number of rotatable bonds is 7. The van der Waals surface area contributed by atoms with E-state index in [-0.39, 0.29) is 13.0 Å². The van der Waals surface area contributed by atoms with Crippen LogP contribution in [0.3, 0.4) is 0 Å². The maximum atomic E-state index is 13.5. The van der Waals surface area contributed by atoms with Gasteiger partial charge < -0.3 is 10.1 Å². The van der Waals surface area contributed by atoms with E-state index < -0.39 is 41.2 Å². The van der Waals surface area contributed by atoms with Crippen LogP contribution in [0.15, 0.2) is 0 Å². The number of ether oxygens (including phenoxy) is 1. The molecule has 21 heavy (non-hydrogen) atoms. The van der Waals surface area contributed by atoms with Crippen molar-refractivity contribution in [3.63, 3.8) is 0 Å². The molecule has 118 valence electrons. The van der Waals surface area contributed by atoms with Crippen molar-refractivity contribution in [2.75, 3.05) is 23.9 Å². The molecular formula is C12H14F4N2O2S. The molecule has 9 heteroatoms. The van der Waals surface area contributed by atoms with E-state index in [0.717, 1.165) is 0 Å². The summed E-state index contributed by atoms with van der Waals surface area (Å²) < 4.78 is 57.8. The zero-order chi connectivity index (χ0) is 16.0. The number of nitrogens with one attached hydrogen (secondary N) is 1. The van der Waals surface area contributed by atoms with Crippen LogP contribution in [0.25, 0.3) is 0 Å². The van der Waals surface area contributed by atoms with Gasteiger partial charge in [-0.15, -0.1) is 0 Å². The lowest BCUT2D eigenvalue weighted by atomic mass is 10.2. The van der Waals surface area contributed by atoms with Gasteiger partial charge in [-0.05, 0) is 25.4 Å². The van der Waals surface area contributed by atoms with Crippen LogP contribution in [0, 0.1) is 23.5 Å². The maximum Gasteiger partial charge on any atom is 0.328 e. The first kappa shape index (κ1) is 17.5. The van der Waals surface area contributed by atoms with Crippen molar-refractivity contribution in [3.8, 4) is 0 Å². The van der Waals surface area contributed by atoms with Gasteiger partial charge in [0.05, 0.1) is 6.61 Å². The molecule has 0 amide bonds. The van der Waals surface area contributed by atoms with Crippen molar-refractivity contribution < 1.29 is 27.1 Å². The highest BCUT2D eigenvalue weighted by atomic mass is 32.2. The molecule has 0 aliphatic carbocycles. The van der Waals surface area contributed by atoms with Gasteiger partial charge in [0.15, 0.2) is 0 Å². The van der Waals surface area contributed by atoms with E-state index in [9.17, 15) is 22.4 Å². The Morgan fingerprint density at radius 2 is 1.86 bits per heavy atom. The van der Waals surface area contributed by atoms with Crippen LogP contribution >= 0.6 is 11.8 Å². The smallest absolute Gasteiger partial charge is 0.328 e. The minimum Gasteiger partial charge on any atom is -0.464 e. The quantitative estimate of drug-likeness (QED) is 0.474. The molecule has 0 fully saturated rings. The Bertz CT molecular complexity index is 490. The average Bonchev–Trinajstić information content (AvgIpc) is 2.44. The Labute approximate surface area is 123 Å². The van der Waals surface area contributed by atoms with E-state index in [1.165, 1.54) is 11.8 Å². The molecule has 0 spiro atoms. The molecule has 0 aliphatic rings. The predicted octanol–water partition coefficient (Wildman–Crippen LogP) is 2.73. The number of hydrogen-bond donors (Lipinski definition) is 1. The van der Waals surface area contributed by atoms with Gasteiger partial charge in [-0.25, -0.2) is 4.79 Å². The molecule has 1 heterocycles. The number of pyridine rings is 1. The van der Waals surface area contributed by atoms with E-state index >= 15 is 0 Å². The summed E-state index contributed by atoms with van der Waals surface area (Å²) in [7, 11) is 0. The minimum absolute atomic E-state index is 0.0698. The van der Waals surface area contributed by atoms with Crippen molar-refractivity contribution in [2.45, 2.75) is 19.4 Å². The molecule has 4 nitrogen and oxygen atoms in total. The van der Waals surface area contributed by atoms with E-state index in [1.807, 2.05) is 0 Å². The molecule has 1 unspecified atom stereocenters. The number of nitrogens with zero attached hydrogens (tertiary/aromatic N) is 1. The standard InChI is InChI=1S/C12H14F4N2O2S/c1-3-20-12(19)6(4-5-21-2)17-9-7(13)10(15)18-11(16)8(9)14/h6H,3-5H2,1-2H3,(H,17,18). The number of aromatic nitrogens is 1. The molecule has 0 aliphatic heterocycles. The van der Waals surface area contributed by atoms with E-state index in [0.29, 0.717) is 5.75 Å². The summed E-state index contributed by atoms with van der Waals surface area (Å²) in [6.07, 6.45) is 1.94. The van der Waals surface area contributed by atoms with Crippen molar-refractivity contribution in [1.82, 2.24) is 4.98 Å². The zero-order valence-corrected chi connectivity index (χ0v) is 12.2. The Balaban J connectivity index is 3.05. The van der Waals surface area contributed by atoms with Crippen molar-refractivity contribution >= 4 is 23.4 Å². The Morgan fingerprint density at radius 3 is 2.33 bits per heavy atom. The SMILES string of the molecule is CCOC(=O)C(CCSC)Nc1c(F)c(F)nc(F)c1F. The summed E-state index contributed by atoms with van der Waals surface area (Å²) in [5, 5.41) is 2.16. The molecule has 1 atom stereocenters. The second-order valence-electron chi connectivity index (χ2n) is 3.93. The molecule has 0 bridgehead atoms. The zero-order valence-electron chi connectivity index (χ0n) is 11.4. The molecule has 1 aromatic heterocycles. The highest BCUT2D eigenvalue weighted by Gasteiger charge is 2.26. The Kier molecular flexibility index (Phi) is 6.73. The van der Waals surface area contributed by atoms with Gasteiger partial charge in [0.2, 0.25) is 11.6 Å². The lowest BCUT2D eigenvalue weighted by Gasteiger charge is -2.18. The van der Waals surface area contributed by atoms with Crippen LogP contribution < -0.4 is 5.32 Å². The summed E-state index contributed by atoms with van der Waals surface area (Å²) in [6, 6.07) is -1.12. The van der Waals surface area contributed by atoms with E-state index in [2.05, 4.69) is 10.3 Å². The molecule has 1 N–H and O–H groups in total. The lowest BCUT2D eigenvalue weighted by Crippen LogP contribution is -2.33. The van der Waals surface area contributed by atoms with E-state index in [1.54, 1.807) is 13.2 Å². The summed E-state index contributed by atoms with van der Waals surface area (Å²) in [6.45, 7) is 1.64. The number of carbonyl (C=O) groups excluding carboxylic acids is 1. The molecule has 0 radical (unpaired) electrons. The van der Waals surface area contributed by atoms with Gasteiger partial charge in [-0.1, -0.05) is 0 Å². The number of thioether (sulfide) groups is 1. The first-order valence-electron chi connectivity index (χ1n) is 6.04. The number of halogens is 4. The first-order valence-corrected chi connectivity index (χ1v) is 7.43. The van der Waals surface area contributed by atoms with Crippen LogP contribution in [-0.4, -0.2) is 35.6 Å². The van der Waals surface area contributed by atoms with Crippen LogP contribution in [0.4, 0.5) is 23.2 Å². The largest absolute Gasteiger partial charge is 0.464 e. The number of hydrogen-bond acceptors (Lipinski definition) is 5. The molecule has 0 aromatic carbocycles. The van der Waals surface area contributed by atoms with Crippen LogP contribution in [0.5, 0.6) is 0 Å². The lowest BCUT2D eigenvalue weighted by molar-refractivity contribution is -0.144. The van der Waals surface area contributed by atoms with Gasteiger partial charge >= 0.3 is 5.97 Å². The van der Waals surface area contributed by atoms with Gasteiger partial charge in [-0.2, -0.15) is 34.3 Å². The fourth-order valence-electron chi connectivity index (χ4n) is 1.52. The second-order valence-corrected chi connectivity index (χ2v) is 4.91. The monoisotopic (exact) mass is 326 g/mol. The van der Waals surface area contributed by atoms with Crippen molar-refractivity contribution in [3.05, 3.63) is 23.5 Å². The highest BCUT2D eigenvalue weighted by molar-refractivity contribution is 7.98. The summed E-state index contributed by atoms with van der Waals surface area (Å²) >= 11 is 1.39. The number of carbonyl (C=O) groups is 1. The number of anilines is 1. The summed E-state index contributed by atoms with van der Waals surface area (Å²) in [5.41, 5.74) is -1.07. The highest BCUT2D eigenvalue weighted by Crippen LogP contribution is 2.23. The Hall–Kier alpha value is -1.51. The second kappa shape index (κ2) is 8.06. The summed E-state index contributed by atoms with van der Waals surface area (Å²) in [5.74, 6) is -7.23. The van der Waals surface area contributed by atoms with Crippen LogP contribution in [-0.2, 0) is 9.53 Å². The van der Waals surface area contributed by atoms with Gasteiger partial charge in [0, 0.05) is 0 Å². The molecular weight excluding hydrogens is 312 g/mol. The number of esters is 1. The van der Waals surface area contributed by atoms with Gasteiger partial charge in [0.25, 0.3) is 11.9 Å². The van der Waals surface area contributed by atoms with Crippen molar-refractivity contribution in [2.24, 2.45) is 0 Å². The molecule has 1 rings (SSSR count). The minimum atomic E-state index is -1.79. The average molecular weight is 326 g/mol. The Morgan fingerprint density at radius 1 is 1.29 bits per heavy atom. The molecule has 0 saturated heterocycles. The third kappa shape index (κ3) is 4.48. The van der Waals surface area contributed by atoms with E-state index in [4.69, 9.17) is 4.74 Å². The van der Waals surface area contributed by atoms with Gasteiger partial charge in [0.1, 0.15) is 11.7 Å². The van der Waals surface area contributed by atoms with Crippen LogP contribution in [0.2, 0.25) is 0 Å². The molecule has 0 saturated carbocycles. The summed E-state index contributed by atoms with van der Waals surface area (Å²) in [4.78, 5) is 14.1. The third-order valence-corrected chi connectivity index (χ3v) is 3.14. The van der Waals surface area contributed by atoms with Crippen LogP contribution in [0.1, 0.15) is 13.3 Å².